The third-order valence-corrected chi connectivity index (χ3v) is 5.18. The van der Waals surface area contributed by atoms with Crippen LogP contribution in [0.3, 0.4) is 0 Å². The normalized spacial score (nSPS) is 14.8. The molecule has 1 aromatic heterocycles. The molecule has 0 aliphatic carbocycles. The van der Waals surface area contributed by atoms with Crippen molar-refractivity contribution in [2.24, 2.45) is 0 Å². The lowest BCUT2D eigenvalue weighted by Gasteiger charge is -2.35. The molecular weight excluding hydrogens is 407 g/mol. The minimum Gasteiger partial charge on any atom is -0.475 e. The van der Waals surface area contributed by atoms with E-state index in [-0.39, 0.29) is 17.8 Å². The number of carbonyl (C=O) groups is 1. The van der Waals surface area contributed by atoms with Gasteiger partial charge in [-0.05, 0) is 18.2 Å². The van der Waals surface area contributed by atoms with Gasteiger partial charge in [-0.25, -0.2) is 4.79 Å². The lowest BCUT2D eigenvalue weighted by Crippen LogP contribution is -2.46. The third kappa shape index (κ3) is 5.19. The summed E-state index contributed by atoms with van der Waals surface area (Å²) in [7, 11) is 1.25. The Kier molecular flexibility index (Phi) is 6.83. The van der Waals surface area contributed by atoms with Gasteiger partial charge in [-0.3, -0.25) is 9.69 Å². The van der Waals surface area contributed by atoms with Crippen molar-refractivity contribution in [1.82, 2.24) is 4.90 Å². The highest BCUT2D eigenvalue weighted by Gasteiger charge is 2.19. The van der Waals surface area contributed by atoms with Crippen molar-refractivity contribution in [3.8, 4) is 5.75 Å². The first-order valence-corrected chi connectivity index (χ1v) is 9.45. The van der Waals surface area contributed by atoms with Crippen molar-refractivity contribution < 1.29 is 18.7 Å². The molecule has 0 bridgehead atoms. The van der Waals surface area contributed by atoms with Crippen LogP contribution >= 0.6 is 23.2 Å². The fraction of sp³-hybridized carbons (Fsp3) is 0.368. The van der Waals surface area contributed by atoms with Gasteiger partial charge in [-0.2, -0.15) is 0 Å². The standard InChI is InChI=1S/C19H20Cl2N2O5/c1-26-19(25)12-28-18-11-27-14(9-17(18)24)10-22-4-6-23(7-5-22)13-2-3-15(20)16(21)8-13/h2-3,8-9,11H,4-7,10,12H2,1H3. The molecule has 0 atom stereocenters. The molecule has 1 aliphatic rings. The maximum atomic E-state index is 12.1. The van der Waals surface area contributed by atoms with Crippen LogP contribution in [0.5, 0.6) is 5.75 Å². The zero-order valence-electron chi connectivity index (χ0n) is 15.3. The fourth-order valence-corrected chi connectivity index (χ4v) is 3.18. The summed E-state index contributed by atoms with van der Waals surface area (Å²) >= 11 is 12.1. The molecule has 1 aromatic carbocycles. The topological polar surface area (TPSA) is 72.2 Å². The van der Waals surface area contributed by atoms with Gasteiger partial charge in [-0.15, -0.1) is 0 Å². The van der Waals surface area contributed by atoms with Crippen molar-refractivity contribution in [3.05, 3.63) is 56.6 Å². The fourth-order valence-electron chi connectivity index (χ4n) is 2.89. The minimum absolute atomic E-state index is 0.0152. The van der Waals surface area contributed by atoms with E-state index in [2.05, 4.69) is 14.5 Å². The van der Waals surface area contributed by atoms with Gasteiger partial charge in [0.25, 0.3) is 0 Å². The number of hydrogen-bond acceptors (Lipinski definition) is 7. The van der Waals surface area contributed by atoms with Crippen LogP contribution in [-0.2, 0) is 16.1 Å². The molecule has 7 nitrogen and oxygen atoms in total. The summed E-state index contributed by atoms with van der Waals surface area (Å²) in [5.74, 6) is -0.0414. The van der Waals surface area contributed by atoms with Crippen molar-refractivity contribution in [2.45, 2.75) is 6.54 Å². The molecule has 0 unspecified atom stereocenters. The Hall–Kier alpha value is -2.22. The van der Waals surface area contributed by atoms with E-state index in [1.165, 1.54) is 19.4 Å². The first-order chi connectivity index (χ1) is 13.5. The average Bonchev–Trinajstić information content (AvgIpc) is 2.70. The molecule has 2 aromatic rings. The quantitative estimate of drug-likeness (QED) is 0.657. The lowest BCUT2D eigenvalue weighted by atomic mass is 10.2. The zero-order valence-corrected chi connectivity index (χ0v) is 16.8. The Bertz CT molecular complexity index is 894. The van der Waals surface area contributed by atoms with E-state index in [1.54, 1.807) is 6.07 Å². The molecule has 28 heavy (non-hydrogen) atoms. The van der Waals surface area contributed by atoms with Crippen LogP contribution in [-0.4, -0.2) is 50.8 Å². The third-order valence-electron chi connectivity index (χ3n) is 4.45. The molecule has 1 saturated heterocycles. The van der Waals surface area contributed by atoms with Gasteiger partial charge in [0.2, 0.25) is 11.2 Å². The Morgan fingerprint density at radius 1 is 1.14 bits per heavy atom. The summed E-state index contributed by atoms with van der Waals surface area (Å²) < 4.78 is 15.0. The molecule has 2 heterocycles. The number of benzene rings is 1. The Morgan fingerprint density at radius 3 is 2.54 bits per heavy atom. The van der Waals surface area contributed by atoms with Gasteiger partial charge in [0.05, 0.1) is 23.7 Å². The Balaban J connectivity index is 1.54. The molecule has 9 heteroatoms. The second kappa shape index (κ2) is 9.32. The molecule has 3 rings (SSSR count). The molecular formula is C19H20Cl2N2O5. The summed E-state index contributed by atoms with van der Waals surface area (Å²) in [6.07, 6.45) is 1.23. The number of anilines is 1. The Morgan fingerprint density at radius 2 is 1.89 bits per heavy atom. The van der Waals surface area contributed by atoms with Crippen molar-refractivity contribution in [1.29, 1.82) is 0 Å². The Labute approximate surface area is 172 Å². The van der Waals surface area contributed by atoms with Crippen LogP contribution in [0.15, 0.2) is 39.7 Å². The van der Waals surface area contributed by atoms with E-state index in [4.69, 9.17) is 32.4 Å². The highest BCUT2D eigenvalue weighted by Crippen LogP contribution is 2.27. The molecule has 0 radical (unpaired) electrons. The van der Waals surface area contributed by atoms with Gasteiger partial charge in [0.15, 0.2) is 6.61 Å². The molecule has 0 amide bonds. The van der Waals surface area contributed by atoms with Gasteiger partial charge in [0.1, 0.15) is 12.0 Å². The van der Waals surface area contributed by atoms with Crippen molar-refractivity contribution >= 4 is 34.9 Å². The van der Waals surface area contributed by atoms with Crippen LogP contribution in [0.25, 0.3) is 0 Å². The molecule has 1 fully saturated rings. The number of halogens is 2. The van der Waals surface area contributed by atoms with Gasteiger partial charge < -0.3 is 18.8 Å². The number of ether oxygens (including phenoxy) is 2. The van der Waals surface area contributed by atoms with E-state index in [0.717, 1.165) is 31.9 Å². The van der Waals surface area contributed by atoms with E-state index in [0.29, 0.717) is 22.4 Å². The number of rotatable bonds is 6. The number of piperazine rings is 1. The predicted molar refractivity (Wildman–Crippen MR) is 106 cm³/mol. The van der Waals surface area contributed by atoms with E-state index >= 15 is 0 Å². The van der Waals surface area contributed by atoms with Crippen LogP contribution < -0.4 is 15.1 Å². The average molecular weight is 427 g/mol. The maximum Gasteiger partial charge on any atom is 0.343 e. The van der Waals surface area contributed by atoms with E-state index in [1.807, 2.05) is 12.1 Å². The second-order valence-electron chi connectivity index (χ2n) is 6.30. The predicted octanol–water partition coefficient (Wildman–Crippen LogP) is 2.82. The van der Waals surface area contributed by atoms with E-state index < -0.39 is 5.97 Å². The number of nitrogens with zero attached hydrogens (tertiary/aromatic N) is 2. The van der Waals surface area contributed by atoms with Gasteiger partial charge in [0, 0.05) is 37.9 Å². The lowest BCUT2D eigenvalue weighted by molar-refractivity contribution is -0.142. The first-order valence-electron chi connectivity index (χ1n) is 8.70. The minimum atomic E-state index is -0.566. The number of esters is 1. The van der Waals surface area contributed by atoms with Crippen molar-refractivity contribution in [2.75, 3.05) is 44.8 Å². The number of hydrogen-bond donors (Lipinski definition) is 0. The largest absolute Gasteiger partial charge is 0.475 e. The smallest absolute Gasteiger partial charge is 0.343 e. The van der Waals surface area contributed by atoms with Crippen LogP contribution in [0, 0.1) is 0 Å². The summed E-state index contributed by atoms with van der Waals surface area (Å²) in [5, 5.41) is 1.08. The molecule has 0 saturated carbocycles. The van der Waals surface area contributed by atoms with Gasteiger partial charge in [-0.1, -0.05) is 23.2 Å². The zero-order chi connectivity index (χ0) is 20.1. The molecule has 1 aliphatic heterocycles. The second-order valence-corrected chi connectivity index (χ2v) is 7.12. The number of methoxy groups -OCH3 is 1. The van der Waals surface area contributed by atoms with Gasteiger partial charge >= 0.3 is 5.97 Å². The van der Waals surface area contributed by atoms with Crippen LogP contribution in [0.2, 0.25) is 10.0 Å². The summed E-state index contributed by atoms with van der Waals surface area (Å²) in [5.41, 5.74) is 0.701. The highest BCUT2D eigenvalue weighted by atomic mass is 35.5. The number of carbonyl (C=O) groups excluding carboxylic acids is 1. The summed E-state index contributed by atoms with van der Waals surface area (Å²) in [6, 6.07) is 7.00. The monoisotopic (exact) mass is 426 g/mol. The molecule has 150 valence electrons. The van der Waals surface area contributed by atoms with E-state index in [9.17, 15) is 9.59 Å². The van der Waals surface area contributed by atoms with Crippen molar-refractivity contribution in [3.63, 3.8) is 0 Å². The summed E-state index contributed by atoms with van der Waals surface area (Å²) in [6.45, 7) is 3.44. The molecule has 0 N–H and O–H groups in total. The SMILES string of the molecule is COC(=O)COc1coc(CN2CCN(c3ccc(Cl)c(Cl)c3)CC2)cc1=O. The first kappa shape index (κ1) is 20.5. The van der Waals surface area contributed by atoms with Crippen LogP contribution in [0.1, 0.15) is 5.76 Å². The summed E-state index contributed by atoms with van der Waals surface area (Å²) in [4.78, 5) is 27.6. The van der Waals surface area contributed by atoms with Crippen LogP contribution in [0.4, 0.5) is 5.69 Å². The highest BCUT2D eigenvalue weighted by molar-refractivity contribution is 6.42. The molecule has 0 spiro atoms. The maximum absolute atomic E-state index is 12.1.